The molecule has 1 aliphatic heterocycles. The Hall–Kier alpha value is -1.23. The molecule has 5 heteroatoms. The van der Waals surface area contributed by atoms with Crippen molar-refractivity contribution in [2.24, 2.45) is 0 Å². The number of amides is 1. The standard InChI is InChI=1S/C16H23BrN2O2/c1-11-9-14(19-7-5-6-8-19)12(17)10-13(11)18-15(20)21-16(2,3)4/h9-10H,5-8H2,1-4H3,(H,18,20). The van der Waals surface area contributed by atoms with Gasteiger partial charge >= 0.3 is 6.09 Å². The third kappa shape index (κ3) is 4.37. The highest BCUT2D eigenvalue weighted by Gasteiger charge is 2.19. The molecular weight excluding hydrogens is 332 g/mol. The lowest BCUT2D eigenvalue weighted by molar-refractivity contribution is 0.0636. The molecule has 0 radical (unpaired) electrons. The zero-order valence-corrected chi connectivity index (χ0v) is 14.7. The van der Waals surface area contributed by atoms with Gasteiger partial charge in [-0.3, -0.25) is 5.32 Å². The van der Waals surface area contributed by atoms with Crippen LogP contribution in [0.2, 0.25) is 0 Å². The first-order valence-corrected chi connectivity index (χ1v) is 8.11. The Balaban J connectivity index is 2.14. The van der Waals surface area contributed by atoms with Gasteiger partial charge in [0.25, 0.3) is 0 Å². The number of anilines is 2. The van der Waals surface area contributed by atoms with Gasteiger partial charge < -0.3 is 9.64 Å². The molecule has 21 heavy (non-hydrogen) atoms. The number of rotatable bonds is 2. The van der Waals surface area contributed by atoms with Crippen molar-refractivity contribution < 1.29 is 9.53 Å². The third-order valence-electron chi connectivity index (χ3n) is 3.38. The average molecular weight is 355 g/mol. The van der Waals surface area contributed by atoms with Crippen molar-refractivity contribution in [3.63, 3.8) is 0 Å². The zero-order chi connectivity index (χ0) is 15.6. The molecule has 1 aromatic rings. The van der Waals surface area contributed by atoms with Gasteiger partial charge in [-0.2, -0.15) is 0 Å². The van der Waals surface area contributed by atoms with Gasteiger partial charge in [-0.15, -0.1) is 0 Å². The zero-order valence-electron chi connectivity index (χ0n) is 13.1. The second-order valence-corrected chi connectivity index (χ2v) is 7.29. The third-order valence-corrected chi connectivity index (χ3v) is 4.01. The molecular formula is C16H23BrN2O2. The predicted octanol–water partition coefficient (Wildman–Crippen LogP) is 4.70. The van der Waals surface area contributed by atoms with Crippen LogP contribution in [-0.4, -0.2) is 24.8 Å². The van der Waals surface area contributed by atoms with Gasteiger partial charge in [0.2, 0.25) is 0 Å². The van der Waals surface area contributed by atoms with Crippen LogP contribution in [0.15, 0.2) is 16.6 Å². The van der Waals surface area contributed by atoms with Crippen molar-refractivity contribution in [2.75, 3.05) is 23.3 Å². The van der Waals surface area contributed by atoms with Crippen LogP contribution in [-0.2, 0) is 4.74 Å². The van der Waals surface area contributed by atoms with Gasteiger partial charge in [0.1, 0.15) is 5.60 Å². The molecule has 0 atom stereocenters. The summed E-state index contributed by atoms with van der Waals surface area (Å²) in [5, 5.41) is 2.82. The summed E-state index contributed by atoms with van der Waals surface area (Å²) >= 11 is 3.61. The summed E-state index contributed by atoms with van der Waals surface area (Å²) in [6.45, 7) is 9.75. The van der Waals surface area contributed by atoms with Gasteiger partial charge in [0.15, 0.2) is 0 Å². The number of hydrogen-bond acceptors (Lipinski definition) is 3. The average Bonchev–Trinajstić information content (AvgIpc) is 2.84. The van der Waals surface area contributed by atoms with Crippen LogP contribution < -0.4 is 10.2 Å². The smallest absolute Gasteiger partial charge is 0.412 e. The van der Waals surface area contributed by atoms with Gasteiger partial charge in [-0.25, -0.2) is 4.79 Å². The number of carbonyl (C=O) groups is 1. The van der Waals surface area contributed by atoms with E-state index in [2.05, 4.69) is 32.2 Å². The quantitative estimate of drug-likeness (QED) is 0.836. The molecule has 1 fully saturated rings. The largest absolute Gasteiger partial charge is 0.444 e. The van der Waals surface area contributed by atoms with E-state index in [9.17, 15) is 4.79 Å². The summed E-state index contributed by atoms with van der Waals surface area (Å²) in [4.78, 5) is 14.2. The Morgan fingerprint density at radius 1 is 1.29 bits per heavy atom. The number of halogens is 1. The normalized spacial score (nSPS) is 15.2. The number of nitrogens with zero attached hydrogens (tertiary/aromatic N) is 1. The van der Waals surface area contributed by atoms with Crippen LogP contribution >= 0.6 is 15.9 Å². The van der Waals surface area contributed by atoms with Crippen LogP contribution in [0.5, 0.6) is 0 Å². The highest BCUT2D eigenvalue weighted by Crippen LogP contribution is 2.34. The van der Waals surface area contributed by atoms with Crippen LogP contribution in [0.4, 0.5) is 16.2 Å². The van der Waals surface area contributed by atoms with Crippen LogP contribution in [0, 0.1) is 6.92 Å². The number of aryl methyl sites for hydroxylation is 1. The molecule has 0 spiro atoms. The minimum absolute atomic E-state index is 0.425. The fourth-order valence-electron chi connectivity index (χ4n) is 2.41. The van der Waals surface area contributed by atoms with E-state index in [1.807, 2.05) is 33.8 Å². The number of benzene rings is 1. The molecule has 1 amide bonds. The van der Waals surface area contributed by atoms with Crippen molar-refractivity contribution in [2.45, 2.75) is 46.1 Å². The fraction of sp³-hybridized carbons (Fsp3) is 0.562. The fourth-order valence-corrected chi connectivity index (χ4v) is 3.01. The second kappa shape index (κ2) is 6.26. The number of carbonyl (C=O) groups excluding carboxylic acids is 1. The Kier molecular flexibility index (Phi) is 4.81. The molecule has 1 aliphatic rings. The summed E-state index contributed by atoms with van der Waals surface area (Å²) < 4.78 is 6.29. The first-order valence-electron chi connectivity index (χ1n) is 7.31. The highest BCUT2D eigenvalue weighted by atomic mass is 79.9. The molecule has 0 saturated carbocycles. The minimum Gasteiger partial charge on any atom is -0.444 e. The van der Waals surface area contributed by atoms with Gasteiger partial charge in [0.05, 0.1) is 5.69 Å². The van der Waals surface area contributed by atoms with E-state index < -0.39 is 11.7 Å². The van der Waals surface area contributed by atoms with E-state index in [4.69, 9.17) is 4.74 Å². The lowest BCUT2D eigenvalue weighted by Gasteiger charge is -2.23. The van der Waals surface area contributed by atoms with E-state index in [1.165, 1.54) is 18.5 Å². The van der Waals surface area contributed by atoms with Gasteiger partial charge in [-0.05, 0) is 74.2 Å². The molecule has 1 saturated heterocycles. The van der Waals surface area contributed by atoms with Gasteiger partial charge in [-0.1, -0.05) is 0 Å². The second-order valence-electron chi connectivity index (χ2n) is 6.44. The van der Waals surface area contributed by atoms with E-state index in [-0.39, 0.29) is 0 Å². The lowest BCUT2D eigenvalue weighted by atomic mass is 10.1. The Labute approximate surface area is 135 Å². The highest BCUT2D eigenvalue weighted by molar-refractivity contribution is 9.10. The van der Waals surface area contributed by atoms with E-state index in [0.717, 1.165) is 28.8 Å². The molecule has 1 heterocycles. The number of nitrogens with one attached hydrogen (secondary N) is 1. The summed E-state index contributed by atoms with van der Waals surface area (Å²) in [7, 11) is 0. The summed E-state index contributed by atoms with van der Waals surface area (Å²) in [5.74, 6) is 0. The summed E-state index contributed by atoms with van der Waals surface area (Å²) in [6, 6.07) is 4.06. The van der Waals surface area contributed by atoms with Gasteiger partial charge in [0, 0.05) is 23.2 Å². The Bertz CT molecular complexity index is 532. The first-order chi connectivity index (χ1) is 9.76. The monoisotopic (exact) mass is 354 g/mol. The molecule has 0 bridgehead atoms. The maximum absolute atomic E-state index is 11.9. The molecule has 1 N–H and O–H groups in total. The molecule has 0 unspecified atom stereocenters. The van der Waals surface area contributed by atoms with Crippen molar-refractivity contribution in [1.82, 2.24) is 0 Å². The van der Waals surface area contributed by atoms with E-state index in [1.54, 1.807) is 0 Å². The molecule has 4 nitrogen and oxygen atoms in total. The first kappa shape index (κ1) is 16.1. The number of hydrogen-bond donors (Lipinski definition) is 1. The molecule has 2 rings (SSSR count). The lowest BCUT2D eigenvalue weighted by Crippen LogP contribution is -2.27. The Morgan fingerprint density at radius 3 is 2.48 bits per heavy atom. The maximum Gasteiger partial charge on any atom is 0.412 e. The molecule has 116 valence electrons. The SMILES string of the molecule is Cc1cc(N2CCCC2)c(Br)cc1NC(=O)OC(C)(C)C. The predicted molar refractivity (Wildman–Crippen MR) is 90.2 cm³/mol. The van der Waals surface area contributed by atoms with Crippen molar-refractivity contribution in [3.05, 3.63) is 22.2 Å². The summed E-state index contributed by atoms with van der Waals surface area (Å²) in [6.07, 6.45) is 2.05. The van der Waals surface area contributed by atoms with Crippen molar-refractivity contribution in [1.29, 1.82) is 0 Å². The van der Waals surface area contributed by atoms with E-state index in [0.29, 0.717) is 0 Å². The summed E-state index contributed by atoms with van der Waals surface area (Å²) in [5.41, 5.74) is 2.51. The topological polar surface area (TPSA) is 41.6 Å². The molecule has 0 aliphatic carbocycles. The minimum atomic E-state index is -0.495. The molecule has 0 aromatic heterocycles. The van der Waals surface area contributed by atoms with Crippen molar-refractivity contribution in [3.8, 4) is 0 Å². The van der Waals surface area contributed by atoms with E-state index >= 15 is 0 Å². The van der Waals surface area contributed by atoms with Crippen LogP contribution in [0.1, 0.15) is 39.2 Å². The Morgan fingerprint density at radius 2 is 1.90 bits per heavy atom. The number of ether oxygens (including phenoxy) is 1. The maximum atomic E-state index is 11.9. The van der Waals surface area contributed by atoms with Crippen LogP contribution in [0.3, 0.4) is 0 Å². The van der Waals surface area contributed by atoms with Crippen molar-refractivity contribution >= 4 is 33.4 Å². The van der Waals surface area contributed by atoms with Crippen LogP contribution in [0.25, 0.3) is 0 Å². The molecule has 1 aromatic carbocycles.